The molecule has 1 aromatic rings. The standard InChI is InChI=1S/C27H40ClNO6S/c1-6-19-25(33)17(3)9-7-8-16(2)10-11-21(20(28)12-18-15-36-23(14-30)29-18)35-24(32)13-22(31)27(4,5)26(19)34/h10,12,15,17,19,21-22,25,30-31,33H,6-9,11,13-14H2,1-5H3/t17-,19+,21-,22-,25-/m0/s1. The van der Waals surface area contributed by atoms with Crippen LogP contribution in [0.3, 0.4) is 0 Å². The van der Waals surface area contributed by atoms with Crippen LogP contribution in [0.4, 0.5) is 0 Å². The van der Waals surface area contributed by atoms with Gasteiger partial charge >= 0.3 is 5.97 Å². The molecule has 0 spiro atoms. The fourth-order valence-electron chi connectivity index (χ4n) is 4.44. The molecule has 202 valence electrons. The van der Waals surface area contributed by atoms with Crippen LogP contribution >= 0.6 is 22.9 Å². The predicted octanol–water partition coefficient (Wildman–Crippen LogP) is 5.02. The van der Waals surface area contributed by atoms with Crippen molar-refractivity contribution in [1.82, 2.24) is 4.98 Å². The molecule has 36 heavy (non-hydrogen) atoms. The van der Waals surface area contributed by atoms with Gasteiger partial charge in [-0.2, -0.15) is 0 Å². The molecule has 0 aliphatic carbocycles. The molecule has 0 aromatic carbocycles. The zero-order valence-electron chi connectivity index (χ0n) is 21.9. The molecule has 7 nitrogen and oxygen atoms in total. The molecule has 1 aromatic heterocycles. The Balaban J connectivity index is 2.35. The molecule has 0 saturated carbocycles. The van der Waals surface area contributed by atoms with Gasteiger partial charge in [0, 0.05) is 17.7 Å². The fourth-order valence-corrected chi connectivity index (χ4v) is 5.30. The number of rotatable bonds is 4. The van der Waals surface area contributed by atoms with Crippen molar-refractivity contribution in [3.8, 4) is 0 Å². The van der Waals surface area contributed by atoms with Gasteiger partial charge < -0.3 is 20.1 Å². The summed E-state index contributed by atoms with van der Waals surface area (Å²) in [6, 6.07) is 0. The molecule has 2 rings (SSSR count). The van der Waals surface area contributed by atoms with Crippen LogP contribution in [0.5, 0.6) is 0 Å². The summed E-state index contributed by atoms with van der Waals surface area (Å²) in [5, 5.41) is 33.7. The molecule has 1 aliphatic rings. The second kappa shape index (κ2) is 13.8. The zero-order valence-corrected chi connectivity index (χ0v) is 23.4. The smallest absolute Gasteiger partial charge is 0.309 e. The van der Waals surface area contributed by atoms with Crippen molar-refractivity contribution in [3.63, 3.8) is 0 Å². The maximum atomic E-state index is 13.4. The van der Waals surface area contributed by atoms with Crippen LogP contribution in [0.2, 0.25) is 0 Å². The Hall–Kier alpha value is -1.58. The highest BCUT2D eigenvalue weighted by Crippen LogP contribution is 2.34. The van der Waals surface area contributed by atoms with E-state index >= 15 is 0 Å². The molecule has 9 heteroatoms. The SMILES string of the molecule is CC[C@H]1C(=O)C(C)(C)[C@@H](O)CC(=O)O[C@H](C(Cl)=Cc2csc(CO)n2)CC=C(C)CCC[C@H](C)[C@@H]1O. The van der Waals surface area contributed by atoms with E-state index in [-0.39, 0.29) is 29.8 Å². The van der Waals surface area contributed by atoms with E-state index in [1.165, 1.54) is 11.3 Å². The molecule has 2 heterocycles. The van der Waals surface area contributed by atoms with E-state index < -0.39 is 35.6 Å². The molecule has 0 amide bonds. The molecule has 5 atom stereocenters. The summed E-state index contributed by atoms with van der Waals surface area (Å²) in [6.07, 6.45) is 3.53. The predicted molar refractivity (Wildman–Crippen MR) is 142 cm³/mol. The third kappa shape index (κ3) is 8.21. The van der Waals surface area contributed by atoms with Gasteiger partial charge in [0.05, 0.1) is 41.4 Å². The monoisotopic (exact) mass is 541 g/mol. The number of ketones is 1. The highest BCUT2D eigenvalue weighted by molar-refractivity contribution is 7.09. The van der Waals surface area contributed by atoms with E-state index in [0.717, 1.165) is 24.8 Å². The Morgan fingerprint density at radius 1 is 1.33 bits per heavy atom. The molecule has 0 unspecified atom stereocenters. The van der Waals surface area contributed by atoms with E-state index in [9.17, 15) is 24.9 Å². The Morgan fingerprint density at radius 3 is 2.64 bits per heavy atom. The molecule has 1 aliphatic heterocycles. The van der Waals surface area contributed by atoms with Gasteiger partial charge in [0.2, 0.25) is 0 Å². The van der Waals surface area contributed by atoms with Crippen LogP contribution < -0.4 is 0 Å². The van der Waals surface area contributed by atoms with E-state index in [2.05, 4.69) is 4.98 Å². The van der Waals surface area contributed by atoms with E-state index in [4.69, 9.17) is 16.3 Å². The summed E-state index contributed by atoms with van der Waals surface area (Å²) in [5.41, 5.74) is 0.419. The van der Waals surface area contributed by atoms with Gasteiger partial charge in [-0.1, -0.05) is 50.9 Å². The van der Waals surface area contributed by atoms with Gasteiger partial charge in [-0.05, 0) is 44.6 Å². The molecule has 3 N–H and O–H groups in total. The topological polar surface area (TPSA) is 117 Å². The van der Waals surface area contributed by atoms with Gasteiger partial charge in [0.15, 0.2) is 0 Å². The quantitative estimate of drug-likeness (QED) is 0.362. The number of halogens is 1. The van der Waals surface area contributed by atoms with Crippen molar-refractivity contribution >= 4 is 40.8 Å². The number of cyclic esters (lactones) is 1. The van der Waals surface area contributed by atoms with Crippen molar-refractivity contribution in [2.75, 3.05) is 0 Å². The summed E-state index contributed by atoms with van der Waals surface area (Å²) in [7, 11) is 0. The first-order valence-corrected chi connectivity index (χ1v) is 13.8. The lowest BCUT2D eigenvalue weighted by atomic mass is 9.71. The number of thiazole rings is 1. The highest BCUT2D eigenvalue weighted by atomic mass is 35.5. The van der Waals surface area contributed by atoms with Crippen molar-refractivity contribution in [2.24, 2.45) is 17.3 Å². The third-order valence-corrected chi connectivity index (χ3v) is 8.29. The Kier molecular flexibility index (Phi) is 11.8. The van der Waals surface area contributed by atoms with E-state index in [0.29, 0.717) is 23.5 Å². The number of aliphatic hydroxyl groups excluding tert-OH is 3. The molecule has 0 saturated heterocycles. The summed E-state index contributed by atoms with van der Waals surface area (Å²) >= 11 is 7.86. The maximum Gasteiger partial charge on any atom is 0.309 e. The summed E-state index contributed by atoms with van der Waals surface area (Å²) in [5.74, 6) is -1.64. The molecule has 0 bridgehead atoms. The van der Waals surface area contributed by atoms with Gasteiger partial charge in [0.1, 0.15) is 16.9 Å². The number of nitrogens with zero attached hydrogens (tertiary/aromatic N) is 1. The van der Waals surface area contributed by atoms with Crippen LogP contribution in [0.25, 0.3) is 6.08 Å². The fraction of sp³-hybridized carbons (Fsp3) is 0.667. The van der Waals surface area contributed by atoms with Crippen molar-refractivity contribution in [3.05, 3.63) is 32.8 Å². The summed E-state index contributed by atoms with van der Waals surface area (Å²) < 4.78 is 5.68. The number of carbonyl (C=O) groups is 2. The Morgan fingerprint density at radius 2 is 2.03 bits per heavy atom. The van der Waals surface area contributed by atoms with Crippen LogP contribution in [-0.4, -0.2) is 50.4 Å². The highest BCUT2D eigenvalue weighted by Gasteiger charge is 2.43. The molecular weight excluding hydrogens is 502 g/mol. The van der Waals surface area contributed by atoms with Crippen LogP contribution in [0.15, 0.2) is 22.1 Å². The second-order valence-corrected chi connectivity index (χ2v) is 11.7. The van der Waals surface area contributed by atoms with E-state index in [1.54, 1.807) is 25.3 Å². The number of carbonyl (C=O) groups excluding carboxylic acids is 2. The number of ether oxygens (including phenoxy) is 1. The molecule has 0 fully saturated rings. The first kappa shape index (κ1) is 30.6. The molecule has 0 radical (unpaired) electrons. The summed E-state index contributed by atoms with van der Waals surface area (Å²) in [6.45, 7) is 8.84. The van der Waals surface area contributed by atoms with Gasteiger partial charge in [-0.15, -0.1) is 11.3 Å². The molecular formula is C27H40ClNO6S. The van der Waals surface area contributed by atoms with Crippen molar-refractivity contribution < 1.29 is 29.6 Å². The lowest BCUT2D eigenvalue weighted by Crippen LogP contribution is -2.46. The average Bonchev–Trinajstić information content (AvgIpc) is 3.28. The number of hydrogen-bond acceptors (Lipinski definition) is 8. The second-order valence-electron chi connectivity index (χ2n) is 10.3. The number of aliphatic hydroxyl groups is 3. The van der Waals surface area contributed by atoms with Crippen molar-refractivity contribution in [1.29, 1.82) is 0 Å². The van der Waals surface area contributed by atoms with Gasteiger partial charge in [0.25, 0.3) is 0 Å². The lowest BCUT2D eigenvalue weighted by Gasteiger charge is -2.35. The minimum atomic E-state index is -1.28. The minimum absolute atomic E-state index is 0.0791. The number of esters is 1. The number of aromatic nitrogens is 1. The van der Waals surface area contributed by atoms with Crippen LogP contribution in [0.1, 0.15) is 83.8 Å². The Bertz CT molecular complexity index is 956. The average molecular weight is 542 g/mol. The number of Topliss-reactive ketones (excluding diaryl/α,β-unsaturated/α-hetero) is 1. The number of allylic oxidation sites excluding steroid dienone is 1. The Labute approximate surface area is 223 Å². The lowest BCUT2D eigenvalue weighted by molar-refractivity contribution is -0.154. The first-order valence-electron chi connectivity index (χ1n) is 12.6. The third-order valence-electron chi connectivity index (χ3n) is 7.08. The van der Waals surface area contributed by atoms with Gasteiger partial charge in [-0.25, -0.2) is 4.98 Å². The van der Waals surface area contributed by atoms with E-state index in [1.807, 2.05) is 26.8 Å². The normalized spacial score (nSPS) is 29.5. The minimum Gasteiger partial charge on any atom is -0.456 e. The van der Waals surface area contributed by atoms with Crippen LogP contribution in [0, 0.1) is 17.3 Å². The first-order chi connectivity index (χ1) is 16.9. The van der Waals surface area contributed by atoms with Gasteiger partial charge in [-0.3, -0.25) is 9.59 Å². The number of hydrogen-bond donors (Lipinski definition) is 3. The maximum absolute atomic E-state index is 13.4. The summed E-state index contributed by atoms with van der Waals surface area (Å²) in [4.78, 5) is 30.5. The van der Waals surface area contributed by atoms with Crippen LogP contribution in [-0.2, 0) is 20.9 Å². The zero-order chi connectivity index (χ0) is 27.0. The van der Waals surface area contributed by atoms with Crippen molar-refractivity contribution in [2.45, 2.75) is 98.1 Å². The largest absolute Gasteiger partial charge is 0.456 e.